The molecule has 0 aliphatic heterocycles. The van der Waals surface area contributed by atoms with Gasteiger partial charge in [-0.3, -0.25) is 9.59 Å². The van der Waals surface area contributed by atoms with Crippen molar-refractivity contribution in [2.75, 3.05) is 52.4 Å². The Morgan fingerprint density at radius 2 is 0.792 bits per heavy atom. The Morgan fingerprint density at radius 3 is 1.12 bits per heavy atom. The van der Waals surface area contributed by atoms with Gasteiger partial charge in [0.05, 0.1) is 0 Å². The van der Waals surface area contributed by atoms with E-state index in [-0.39, 0.29) is 11.8 Å². The fourth-order valence-corrected chi connectivity index (χ4v) is 2.17. The topological polar surface area (TPSA) is 94.3 Å². The first-order valence-corrected chi connectivity index (χ1v) is 9.24. The molecule has 0 fully saturated rings. The van der Waals surface area contributed by atoms with Crippen LogP contribution in [0.2, 0.25) is 0 Å². The molecule has 0 spiro atoms. The molecule has 0 aromatic carbocycles. The van der Waals surface area contributed by atoms with Gasteiger partial charge in [0.25, 0.3) is 0 Å². The minimum absolute atomic E-state index is 0.0411. The van der Waals surface area contributed by atoms with Crippen molar-refractivity contribution in [2.45, 2.75) is 46.0 Å². The second-order valence-electron chi connectivity index (χ2n) is 5.98. The second kappa shape index (κ2) is 18.2. The third-order valence-electron chi connectivity index (χ3n) is 3.47. The summed E-state index contributed by atoms with van der Waals surface area (Å²) in [6.07, 6.45) is 5.44. The molecule has 0 saturated carbocycles. The highest BCUT2D eigenvalue weighted by Crippen LogP contribution is 1.86. The van der Waals surface area contributed by atoms with Crippen LogP contribution < -0.4 is 26.6 Å². The second-order valence-corrected chi connectivity index (χ2v) is 5.98. The van der Waals surface area contributed by atoms with Gasteiger partial charge in [0.2, 0.25) is 11.8 Å². The van der Waals surface area contributed by atoms with Gasteiger partial charge in [-0.25, -0.2) is 0 Å². The lowest BCUT2D eigenvalue weighted by Gasteiger charge is -2.07. The Morgan fingerprint density at radius 1 is 0.500 bits per heavy atom. The zero-order valence-electron chi connectivity index (χ0n) is 15.5. The molecule has 2 amide bonds. The molecular weight excluding hydrogens is 306 g/mol. The van der Waals surface area contributed by atoms with E-state index in [2.05, 4.69) is 26.6 Å². The van der Waals surface area contributed by atoms with Crippen molar-refractivity contribution in [3.8, 4) is 0 Å². The van der Waals surface area contributed by atoms with Crippen LogP contribution in [-0.2, 0) is 9.59 Å². The Labute approximate surface area is 147 Å². The summed E-state index contributed by atoms with van der Waals surface area (Å²) in [6, 6.07) is 0. The standard InChI is InChI=1S/C17H37N5O2/c1-16(23)21-14-6-12-19-9-4-3-8-18-10-5-11-20-13-7-15-22-17(2)24/h18-20H,3-15H2,1-2H3,(H,21,23)(H,22,24). The van der Waals surface area contributed by atoms with Crippen molar-refractivity contribution in [1.82, 2.24) is 26.6 Å². The van der Waals surface area contributed by atoms with Gasteiger partial charge in [-0.2, -0.15) is 0 Å². The summed E-state index contributed by atoms with van der Waals surface area (Å²) in [5.41, 5.74) is 0. The van der Waals surface area contributed by atoms with Crippen LogP contribution in [0.3, 0.4) is 0 Å². The van der Waals surface area contributed by atoms with Crippen molar-refractivity contribution in [1.29, 1.82) is 0 Å². The van der Waals surface area contributed by atoms with E-state index < -0.39 is 0 Å². The van der Waals surface area contributed by atoms with Gasteiger partial charge in [-0.1, -0.05) is 0 Å². The molecule has 142 valence electrons. The number of unbranched alkanes of at least 4 members (excludes halogenated alkanes) is 1. The highest BCUT2D eigenvalue weighted by molar-refractivity contribution is 5.72. The molecule has 5 N–H and O–H groups in total. The van der Waals surface area contributed by atoms with Crippen molar-refractivity contribution in [3.63, 3.8) is 0 Å². The third-order valence-corrected chi connectivity index (χ3v) is 3.47. The molecular formula is C17H37N5O2. The Hall–Kier alpha value is -1.18. The molecule has 0 heterocycles. The first-order chi connectivity index (χ1) is 11.6. The number of hydrogen-bond donors (Lipinski definition) is 5. The van der Waals surface area contributed by atoms with E-state index >= 15 is 0 Å². The molecule has 0 aromatic heterocycles. The molecule has 7 nitrogen and oxygen atoms in total. The van der Waals surface area contributed by atoms with E-state index in [9.17, 15) is 9.59 Å². The van der Waals surface area contributed by atoms with Crippen LogP contribution >= 0.6 is 0 Å². The molecule has 0 aromatic rings. The zero-order chi connectivity index (χ0) is 17.9. The van der Waals surface area contributed by atoms with Crippen LogP contribution in [0.25, 0.3) is 0 Å². The summed E-state index contributed by atoms with van der Waals surface area (Å²) in [4.78, 5) is 21.3. The average Bonchev–Trinajstić information content (AvgIpc) is 2.53. The largest absolute Gasteiger partial charge is 0.356 e. The molecule has 7 heteroatoms. The fourth-order valence-electron chi connectivity index (χ4n) is 2.17. The van der Waals surface area contributed by atoms with Gasteiger partial charge in [0, 0.05) is 26.9 Å². The minimum atomic E-state index is 0.0411. The van der Waals surface area contributed by atoms with Crippen LogP contribution in [0.5, 0.6) is 0 Å². The van der Waals surface area contributed by atoms with Gasteiger partial charge in [-0.05, 0) is 71.4 Å². The lowest BCUT2D eigenvalue weighted by Crippen LogP contribution is -2.27. The van der Waals surface area contributed by atoms with Gasteiger partial charge in [0.15, 0.2) is 0 Å². The average molecular weight is 344 g/mol. The molecule has 0 aliphatic rings. The van der Waals surface area contributed by atoms with Gasteiger partial charge >= 0.3 is 0 Å². The lowest BCUT2D eigenvalue weighted by atomic mass is 10.3. The summed E-state index contributed by atoms with van der Waals surface area (Å²) >= 11 is 0. The summed E-state index contributed by atoms with van der Waals surface area (Å²) in [5, 5.41) is 15.8. The van der Waals surface area contributed by atoms with Gasteiger partial charge in [-0.15, -0.1) is 0 Å². The Kier molecular flexibility index (Phi) is 17.3. The molecule has 0 unspecified atom stereocenters. The Bertz CT molecular complexity index is 283. The first-order valence-electron chi connectivity index (χ1n) is 9.24. The lowest BCUT2D eigenvalue weighted by molar-refractivity contribution is -0.119. The van der Waals surface area contributed by atoms with E-state index in [1.54, 1.807) is 13.8 Å². The normalized spacial score (nSPS) is 10.6. The summed E-state index contributed by atoms with van der Waals surface area (Å²) in [5.74, 6) is 0.0839. The minimum Gasteiger partial charge on any atom is -0.356 e. The van der Waals surface area contributed by atoms with Crippen LogP contribution in [-0.4, -0.2) is 64.2 Å². The van der Waals surface area contributed by atoms with E-state index in [1.165, 1.54) is 12.8 Å². The van der Waals surface area contributed by atoms with Crippen LogP contribution in [0, 0.1) is 0 Å². The summed E-state index contributed by atoms with van der Waals surface area (Å²) in [7, 11) is 0. The van der Waals surface area contributed by atoms with Crippen molar-refractivity contribution in [3.05, 3.63) is 0 Å². The fraction of sp³-hybridized carbons (Fsp3) is 0.882. The molecule has 0 radical (unpaired) electrons. The maximum Gasteiger partial charge on any atom is 0.216 e. The number of carbonyl (C=O) groups is 2. The van der Waals surface area contributed by atoms with Crippen molar-refractivity contribution in [2.24, 2.45) is 0 Å². The monoisotopic (exact) mass is 343 g/mol. The molecule has 24 heavy (non-hydrogen) atoms. The number of carbonyl (C=O) groups excluding carboxylic acids is 2. The molecule has 0 aliphatic carbocycles. The van der Waals surface area contributed by atoms with Crippen LogP contribution in [0.4, 0.5) is 0 Å². The van der Waals surface area contributed by atoms with E-state index in [0.717, 1.165) is 71.6 Å². The van der Waals surface area contributed by atoms with Gasteiger partial charge < -0.3 is 26.6 Å². The van der Waals surface area contributed by atoms with Crippen molar-refractivity contribution >= 4 is 11.8 Å². The van der Waals surface area contributed by atoms with E-state index in [4.69, 9.17) is 0 Å². The predicted octanol–water partition coefficient (Wildman–Crippen LogP) is -0.0221. The number of nitrogens with one attached hydrogen (secondary N) is 5. The molecule has 0 saturated heterocycles. The maximum atomic E-state index is 10.7. The molecule has 0 rings (SSSR count). The highest BCUT2D eigenvalue weighted by atomic mass is 16.1. The zero-order valence-corrected chi connectivity index (χ0v) is 15.5. The van der Waals surface area contributed by atoms with Gasteiger partial charge in [0.1, 0.15) is 0 Å². The van der Waals surface area contributed by atoms with E-state index in [1.807, 2.05) is 0 Å². The van der Waals surface area contributed by atoms with Crippen LogP contribution in [0.1, 0.15) is 46.0 Å². The highest BCUT2D eigenvalue weighted by Gasteiger charge is 1.93. The van der Waals surface area contributed by atoms with Crippen LogP contribution in [0.15, 0.2) is 0 Å². The SMILES string of the molecule is CC(=O)NCCCNCCCCNCCCNCCCNC(C)=O. The molecule has 0 atom stereocenters. The predicted molar refractivity (Wildman–Crippen MR) is 99.1 cm³/mol. The smallest absolute Gasteiger partial charge is 0.216 e. The number of hydrogen-bond acceptors (Lipinski definition) is 5. The quantitative estimate of drug-likeness (QED) is 0.239. The summed E-state index contributed by atoms with van der Waals surface area (Å²) in [6.45, 7) is 10.7. The molecule has 0 bridgehead atoms. The maximum absolute atomic E-state index is 10.7. The number of amides is 2. The van der Waals surface area contributed by atoms with E-state index in [0.29, 0.717) is 0 Å². The van der Waals surface area contributed by atoms with Crippen molar-refractivity contribution < 1.29 is 9.59 Å². The summed E-state index contributed by atoms with van der Waals surface area (Å²) < 4.78 is 0. The Balaban J connectivity index is 3.00. The third kappa shape index (κ3) is 20.8. The number of rotatable bonds is 17. The first kappa shape index (κ1) is 22.8.